The summed E-state index contributed by atoms with van der Waals surface area (Å²) in [5, 5.41) is 2.12. The lowest BCUT2D eigenvalue weighted by Crippen LogP contribution is -2.15. The highest BCUT2D eigenvalue weighted by Gasteiger charge is 2.15. The Morgan fingerprint density at radius 1 is 1.05 bits per heavy atom. The van der Waals surface area contributed by atoms with Crippen LogP contribution in [0.3, 0.4) is 0 Å². The van der Waals surface area contributed by atoms with Crippen LogP contribution in [0.4, 0.5) is 18.9 Å². The molecule has 1 N–H and O–H groups in total. The molecule has 98 valence electrons. The van der Waals surface area contributed by atoms with Crippen molar-refractivity contribution in [3.8, 4) is 0 Å². The lowest BCUT2D eigenvalue weighted by molar-refractivity contribution is 0.102. The van der Waals surface area contributed by atoms with Crippen molar-refractivity contribution >= 4 is 27.5 Å². The van der Waals surface area contributed by atoms with Crippen LogP contribution in [0.15, 0.2) is 40.9 Å². The van der Waals surface area contributed by atoms with Crippen molar-refractivity contribution in [3.05, 3.63) is 63.9 Å². The summed E-state index contributed by atoms with van der Waals surface area (Å²) >= 11 is 3.05. The summed E-state index contributed by atoms with van der Waals surface area (Å²) in [6.45, 7) is 0. The molecule has 0 fully saturated rings. The Hall–Kier alpha value is -1.82. The van der Waals surface area contributed by atoms with Gasteiger partial charge in [0.15, 0.2) is 11.6 Å². The van der Waals surface area contributed by atoms with Gasteiger partial charge in [0.05, 0.1) is 11.3 Å². The number of carbonyl (C=O) groups is 1. The maximum absolute atomic E-state index is 13.5. The average molecular weight is 330 g/mol. The number of nitrogens with one attached hydrogen (secondary N) is 1. The maximum Gasteiger partial charge on any atom is 0.258 e. The Bertz CT molecular complexity index is 646. The Morgan fingerprint density at radius 2 is 1.79 bits per heavy atom. The van der Waals surface area contributed by atoms with Gasteiger partial charge in [0, 0.05) is 4.47 Å². The summed E-state index contributed by atoms with van der Waals surface area (Å²) in [6.07, 6.45) is 0. The fourth-order valence-corrected chi connectivity index (χ4v) is 1.80. The molecule has 2 rings (SSSR count). The zero-order valence-corrected chi connectivity index (χ0v) is 11.0. The van der Waals surface area contributed by atoms with Gasteiger partial charge >= 0.3 is 0 Å². The molecule has 0 aliphatic heterocycles. The van der Waals surface area contributed by atoms with Crippen molar-refractivity contribution < 1.29 is 18.0 Å². The fraction of sp³-hybridized carbons (Fsp3) is 0. The molecule has 2 aromatic rings. The molecule has 0 heterocycles. The first-order valence-corrected chi connectivity index (χ1v) is 5.99. The van der Waals surface area contributed by atoms with E-state index in [-0.39, 0.29) is 11.3 Å². The second-order valence-corrected chi connectivity index (χ2v) is 4.60. The van der Waals surface area contributed by atoms with Crippen molar-refractivity contribution in [2.24, 2.45) is 0 Å². The van der Waals surface area contributed by atoms with E-state index in [1.165, 1.54) is 24.3 Å². The van der Waals surface area contributed by atoms with E-state index in [1.54, 1.807) is 0 Å². The predicted molar refractivity (Wildman–Crippen MR) is 68.4 cm³/mol. The summed E-state index contributed by atoms with van der Waals surface area (Å²) in [6, 6.07) is 7.17. The quantitative estimate of drug-likeness (QED) is 0.882. The molecule has 0 saturated carbocycles. The molecule has 6 heteroatoms. The van der Waals surface area contributed by atoms with Gasteiger partial charge in [-0.3, -0.25) is 4.79 Å². The van der Waals surface area contributed by atoms with Crippen LogP contribution in [0.5, 0.6) is 0 Å². The largest absolute Gasteiger partial charge is 0.319 e. The summed E-state index contributed by atoms with van der Waals surface area (Å²) < 4.78 is 40.3. The van der Waals surface area contributed by atoms with Crippen LogP contribution in [-0.2, 0) is 0 Å². The normalized spacial score (nSPS) is 10.3. The summed E-state index contributed by atoms with van der Waals surface area (Å²) in [4.78, 5) is 11.8. The van der Waals surface area contributed by atoms with Gasteiger partial charge in [-0.2, -0.15) is 0 Å². The molecular weight excluding hydrogens is 323 g/mol. The fourth-order valence-electron chi connectivity index (χ4n) is 1.46. The van der Waals surface area contributed by atoms with Crippen LogP contribution in [-0.4, -0.2) is 5.91 Å². The van der Waals surface area contributed by atoms with Gasteiger partial charge < -0.3 is 5.32 Å². The highest BCUT2D eigenvalue weighted by Crippen LogP contribution is 2.20. The molecule has 0 aliphatic carbocycles. The first-order chi connectivity index (χ1) is 8.99. The first-order valence-electron chi connectivity index (χ1n) is 5.19. The maximum atomic E-state index is 13.5. The number of benzene rings is 2. The molecule has 0 saturated heterocycles. The average Bonchev–Trinajstić information content (AvgIpc) is 2.34. The van der Waals surface area contributed by atoms with Crippen molar-refractivity contribution in [2.45, 2.75) is 0 Å². The van der Waals surface area contributed by atoms with Crippen LogP contribution in [0.25, 0.3) is 0 Å². The zero-order valence-electron chi connectivity index (χ0n) is 9.38. The SMILES string of the molecule is O=C(Nc1cccc(F)c1F)c1ccc(Br)cc1F. The van der Waals surface area contributed by atoms with E-state index in [4.69, 9.17) is 0 Å². The molecule has 0 radical (unpaired) electrons. The minimum absolute atomic E-state index is 0.258. The smallest absolute Gasteiger partial charge is 0.258 e. The number of halogens is 4. The summed E-state index contributed by atoms with van der Waals surface area (Å²) in [7, 11) is 0. The summed E-state index contributed by atoms with van der Waals surface area (Å²) in [5.41, 5.74) is -0.598. The van der Waals surface area contributed by atoms with E-state index in [0.717, 1.165) is 12.1 Å². The van der Waals surface area contributed by atoms with Gasteiger partial charge in [0.1, 0.15) is 5.82 Å². The molecule has 19 heavy (non-hydrogen) atoms. The highest BCUT2D eigenvalue weighted by atomic mass is 79.9. The Kier molecular flexibility index (Phi) is 3.90. The number of anilines is 1. The number of amides is 1. The standard InChI is InChI=1S/C13H7BrF3NO/c14-7-4-5-8(10(16)6-7)13(19)18-11-3-1-2-9(15)12(11)17/h1-6H,(H,18,19). The van der Waals surface area contributed by atoms with Crippen molar-refractivity contribution in [3.63, 3.8) is 0 Å². The summed E-state index contributed by atoms with van der Waals surface area (Å²) in [5.74, 6) is -3.89. The van der Waals surface area contributed by atoms with Crippen LogP contribution in [0, 0.1) is 17.5 Å². The topological polar surface area (TPSA) is 29.1 Å². The molecule has 0 bridgehead atoms. The number of rotatable bonds is 2. The third-order valence-electron chi connectivity index (χ3n) is 2.38. The first kappa shape index (κ1) is 13.6. The predicted octanol–water partition coefficient (Wildman–Crippen LogP) is 4.12. The van der Waals surface area contributed by atoms with Gasteiger partial charge in [0.25, 0.3) is 5.91 Å². The van der Waals surface area contributed by atoms with Crippen LogP contribution in [0.1, 0.15) is 10.4 Å². The van der Waals surface area contributed by atoms with E-state index >= 15 is 0 Å². The van der Waals surface area contributed by atoms with Crippen molar-refractivity contribution in [1.29, 1.82) is 0 Å². The van der Waals surface area contributed by atoms with Crippen LogP contribution >= 0.6 is 15.9 Å². The lowest BCUT2D eigenvalue weighted by atomic mass is 10.2. The molecule has 2 aromatic carbocycles. The molecular formula is C13H7BrF3NO. The van der Waals surface area contributed by atoms with Gasteiger partial charge in [-0.05, 0) is 30.3 Å². The highest BCUT2D eigenvalue weighted by molar-refractivity contribution is 9.10. The molecule has 0 spiro atoms. The van der Waals surface area contributed by atoms with Crippen LogP contribution in [0.2, 0.25) is 0 Å². The molecule has 2 nitrogen and oxygen atoms in total. The third kappa shape index (κ3) is 2.96. The second-order valence-electron chi connectivity index (χ2n) is 3.68. The Balaban J connectivity index is 2.28. The van der Waals surface area contributed by atoms with E-state index < -0.39 is 23.4 Å². The number of hydrogen-bond acceptors (Lipinski definition) is 1. The molecule has 0 aromatic heterocycles. The van der Waals surface area contributed by atoms with Gasteiger partial charge in [0.2, 0.25) is 0 Å². The van der Waals surface area contributed by atoms with Gasteiger partial charge in [-0.25, -0.2) is 13.2 Å². The third-order valence-corrected chi connectivity index (χ3v) is 2.87. The zero-order chi connectivity index (χ0) is 14.0. The van der Waals surface area contributed by atoms with E-state index in [2.05, 4.69) is 21.2 Å². The van der Waals surface area contributed by atoms with Crippen molar-refractivity contribution in [2.75, 3.05) is 5.32 Å². The Morgan fingerprint density at radius 3 is 2.47 bits per heavy atom. The minimum atomic E-state index is -1.19. The monoisotopic (exact) mass is 329 g/mol. The van der Waals surface area contributed by atoms with E-state index in [1.807, 2.05) is 0 Å². The molecule has 1 amide bonds. The number of hydrogen-bond donors (Lipinski definition) is 1. The minimum Gasteiger partial charge on any atom is -0.319 e. The second kappa shape index (κ2) is 5.44. The Labute approximate surface area is 115 Å². The molecule has 0 atom stereocenters. The van der Waals surface area contributed by atoms with E-state index in [0.29, 0.717) is 4.47 Å². The van der Waals surface area contributed by atoms with Crippen LogP contribution < -0.4 is 5.32 Å². The molecule has 0 unspecified atom stereocenters. The van der Waals surface area contributed by atoms with Gasteiger partial charge in [-0.15, -0.1) is 0 Å². The number of carbonyl (C=O) groups excluding carboxylic acids is 1. The molecule has 0 aliphatic rings. The van der Waals surface area contributed by atoms with E-state index in [9.17, 15) is 18.0 Å². The van der Waals surface area contributed by atoms with Gasteiger partial charge in [-0.1, -0.05) is 22.0 Å². The lowest BCUT2D eigenvalue weighted by Gasteiger charge is -2.07. The van der Waals surface area contributed by atoms with Crippen molar-refractivity contribution in [1.82, 2.24) is 0 Å².